The van der Waals surface area contributed by atoms with E-state index in [1.54, 1.807) is 24.3 Å². The quantitative estimate of drug-likeness (QED) is 0.653. The molecule has 0 bridgehead atoms. The predicted molar refractivity (Wildman–Crippen MR) is 104 cm³/mol. The van der Waals surface area contributed by atoms with Crippen LogP contribution in [-0.2, 0) is 11.8 Å². The van der Waals surface area contributed by atoms with Crippen LogP contribution in [0.5, 0.6) is 0 Å². The second-order valence-electron chi connectivity index (χ2n) is 7.87. The van der Waals surface area contributed by atoms with Gasteiger partial charge in [0.05, 0.1) is 11.1 Å². The van der Waals surface area contributed by atoms with Crippen LogP contribution in [0, 0.1) is 6.92 Å². The molecule has 1 saturated heterocycles. The number of hydrogen-bond donors (Lipinski definition) is 0. The Balaban J connectivity index is 1.49. The highest BCUT2D eigenvalue weighted by molar-refractivity contribution is 5.93. The zero-order chi connectivity index (χ0) is 19.3. The van der Waals surface area contributed by atoms with E-state index >= 15 is 0 Å². The molecule has 6 heteroatoms. The number of carbonyl (C=O) groups excluding carboxylic acids is 1. The van der Waals surface area contributed by atoms with Gasteiger partial charge in [0, 0.05) is 30.8 Å². The number of aromatic nitrogens is 2. The van der Waals surface area contributed by atoms with E-state index in [1.165, 1.54) is 11.6 Å². The number of nitrogens with zero attached hydrogens (tertiary/aromatic N) is 3. The van der Waals surface area contributed by atoms with Crippen molar-refractivity contribution in [2.24, 2.45) is 0 Å². The summed E-state index contributed by atoms with van der Waals surface area (Å²) in [6, 6.07) is 8.34. The third-order valence-electron chi connectivity index (χ3n) is 6.07. The summed E-state index contributed by atoms with van der Waals surface area (Å²) in [5, 5.41) is 0.492. The standard InChI is InChI=1S/C22H21N3O3/c1-14-23-12-15-7-9-22(20(15)24-14)8-4-10-25(13-22)21(27)19-11-17(26)16-5-2-3-6-18(16)28-19/h2-3,5-6,11-12H,4,7-10,13H2,1H3. The molecule has 1 aromatic carbocycles. The Morgan fingerprint density at radius 2 is 2.11 bits per heavy atom. The first kappa shape index (κ1) is 17.1. The molecule has 1 aliphatic heterocycles. The SMILES string of the molecule is Cc1ncc2c(n1)C1(CCCN(C(=O)c3cc(=O)c4ccccc4o3)C1)CC2. The Bertz CT molecular complexity index is 1150. The zero-order valence-corrected chi connectivity index (χ0v) is 15.8. The molecule has 0 saturated carbocycles. The average Bonchev–Trinajstić information content (AvgIpc) is 3.04. The first-order chi connectivity index (χ1) is 13.6. The topological polar surface area (TPSA) is 76.3 Å². The number of fused-ring (bicyclic) bond motifs is 3. The first-order valence-electron chi connectivity index (χ1n) is 9.71. The third-order valence-corrected chi connectivity index (χ3v) is 6.07. The van der Waals surface area contributed by atoms with Crippen molar-refractivity contribution in [3.63, 3.8) is 0 Å². The molecule has 2 aromatic heterocycles. The van der Waals surface area contributed by atoms with Crippen LogP contribution in [-0.4, -0.2) is 33.9 Å². The van der Waals surface area contributed by atoms with Crippen LogP contribution >= 0.6 is 0 Å². The molecule has 5 rings (SSSR count). The van der Waals surface area contributed by atoms with Crippen molar-refractivity contribution < 1.29 is 9.21 Å². The maximum Gasteiger partial charge on any atom is 0.289 e. The lowest BCUT2D eigenvalue weighted by Crippen LogP contribution is -2.48. The van der Waals surface area contributed by atoms with Gasteiger partial charge in [-0.05, 0) is 50.3 Å². The molecule has 1 aliphatic carbocycles. The van der Waals surface area contributed by atoms with E-state index in [4.69, 9.17) is 9.40 Å². The molecule has 142 valence electrons. The summed E-state index contributed by atoms with van der Waals surface area (Å²) in [6.07, 6.45) is 5.78. The largest absolute Gasteiger partial charge is 0.451 e. The Labute approximate surface area is 162 Å². The van der Waals surface area contributed by atoms with Crippen LogP contribution in [0.15, 0.2) is 45.7 Å². The van der Waals surface area contributed by atoms with Gasteiger partial charge in [-0.2, -0.15) is 0 Å². The second kappa shape index (κ2) is 6.26. The summed E-state index contributed by atoms with van der Waals surface area (Å²) in [6.45, 7) is 3.17. The minimum Gasteiger partial charge on any atom is -0.451 e. The van der Waals surface area contributed by atoms with Crippen molar-refractivity contribution in [1.29, 1.82) is 0 Å². The molecule has 0 radical (unpaired) electrons. The van der Waals surface area contributed by atoms with Crippen molar-refractivity contribution in [3.8, 4) is 0 Å². The van der Waals surface area contributed by atoms with Gasteiger partial charge in [-0.3, -0.25) is 9.59 Å². The van der Waals surface area contributed by atoms with Crippen LogP contribution in [0.4, 0.5) is 0 Å². The van der Waals surface area contributed by atoms with Gasteiger partial charge in [0.2, 0.25) is 0 Å². The lowest BCUT2D eigenvalue weighted by molar-refractivity contribution is 0.0602. The Morgan fingerprint density at radius 3 is 3.00 bits per heavy atom. The molecule has 1 spiro atoms. The second-order valence-corrected chi connectivity index (χ2v) is 7.87. The van der Waals surface area contributed by atoms with E-state index in [1.807, 2.05) is 18.0 Å². The van der Waals surface area contributed by atoms with E-state index in [-0.39, 0.29) is 22.5 Å². The molecule has 1 unspecified atom stereocenters. The van der Waals surface area contributed by atoms with Crippen molar-refractivity contribution in [2.75, 3.05) is 13.1 Å². The molecule has 3 heterocycles. The predicted octanol–water partition coefficient (Wildman–Crippen LogP) is 3.01. The van der Waals surface area contributed by atoms with Gasteiger partial charge in [0.1, 0.15) is 11.4 Å². The van der Waals surface area contributed by atoms with Gasteiger partial charge in [0.15, 0.2) is 11.2 Å². The third kappa shape index (κ3) is 2.63. The van der Waals surface area contributed by atoms with Gasteiger partial charge in [-0.15, -0.1) is 0 Å². The van der Waals surface area contributed by atoms with Crippen LogP contribution in [0.3, 0.4) is 0 Å². The van der Waals surface area contributed by atoms with Crippen molar-refractivity contribution in [3.05, 3.63) is 69.6 Å². The maximum atomic E-state index is 13.2. The number of piperidine rings is 1. The molecule has 2 aliphatic rings. The number of rotatable bonds is 1. The summed E-state index contributed by atoms with van der Waals surface area (Å²) < 4.78 is 5.78. The van der Waals surface area contributed by atoms with Crippen LogP contribution in [0.1, 0.15) is 46.9 Å². The molecule has 28 heavy (non-hydrogen) atoms. The van der Waals surface area contributed by atoms with E-state index in [2.05, 4.69) is 4.98 Å². The summed E-state index contributed by atoms with van der Waals surface area (Å²) >= 11 is 0. The first-order valence-corrected chi connectivity index (χ1v) is 9.71. The number of carbonyl (C=O) groups is 1. The van der Waals surface area contributed by atoms with Crippen molar-refractivity contribution in [1.82, 2.24) is 14.9 Å². The van der Waals surface area contributed by atoms with E-state index in [9.17, 15) is 9.59 Å². The van der Waals surface area contributed by atoms with Crippen molar-refractivity contribution >= 4 is 16.9 Å². The van der Waals surface area contributed by atoms with Crippen LogP contribution in [0.2, 0.25) is 0 Å². The van der Waals surface area contributed by atoms with Gasteiger partial charge < -0.3 is 9.32 Å². The molecule has 0 N–H and O–H groups in total. The van der Waals surface area contributed by atoms with Gasteiger partial charge >= 0.3 is 0 Å². The molecule has 6 nitrogen and oxygen atoms in total. The molecule has 1 atom stereocenters. The van der Waals surface area contributed by atoms with E-state index < -0.39 is 0 Å². The zero-order valence-electron chi connectivity index (χ0n) is 15.8. The maximum absolute atomic E-state index is 13.2. The number of likely N-dealkylation sites (tertiary alicyclic amines) is 1. The smallest absolute Gasteiger partial charge is 0.289 e. The average molecular weight is 375 g/mol. The number of aryl methyl sites for hydroxylation is 2. The molecular formula is C22H21N3O3. The fourth-order valence-electron chi connectivity index (χ4n) is 4.70. The fraction of sp³-hybridized carbons (Fsp3) is 0.364. The number of benzene rings is 1. The Kier molecular flexibility index (Phi) is 3.82. The summed E-state index contributed by atoms with van der Waals surface area (Å²) in [5.41, 5.74) is 2.43. The highest BCUT2D eigenvalue weighted by Gasteiger charge is 2.45. The van der Waals surface area contributed by atoms with Crippen LogP contribution < -0.4 is 5.43 Å². The summed E-state index contributed by atoms with van der Waals surface area (Å²) in [4.78, 5) is 36.4. The highest BCUT2D eigenvalue weighted by Crippen LogP contribution is 2.44. The van der Waals surface area contributed by atoms with E-state index in [0.29, 0.717) is 24.1 Å². The molecule has 1 amide bonds. The number of amides is 1. The van der Waals surface area contributed by atoms with Gasteiger partial charge in [-0.25, -0.2) is 9.97 Å². The number of para-hydroxylation sites is 1. The van der Waals surface area contributed by atoms with Crippen molar-refractivity contribution in [2.45, 2.75) is 38.0 Å². The lowest BCUT2D eigenvalue weighted by Gasteiger charge is -2.40. The highest BCUT2D eigenvalue weighted by atomic mass is 16.3. The molecular weight excluding hydrogens is 354 g/mol. The van der Waals surface area contributed by atoms with E-state index in [0.717, 1.165) is 37.2 Å². The molecule has 1 fully saturated rings. The van der Waals surface area contributed by atoms with Gasteiger partial charge in [-0.1, -0.05) is 12.1 Å². The fourth-order valence-corrected chi connectivity index (χ4v) is 4.70. The van der Waals surface area contributed by atoms with Gasteiger partial charge in [0.25, 0.3) is 5.91 Å². The summed E-state index contributed by atoms with van der Waals surface area (Å²) in [5.74, 6) is 0.656. The summed E-state index contributed by atoms with van der Waals surface area (Å²) in [7, 11) is 0. The number of hydrogen-bond acceptors (Lipinski definition) is 5. The van der Waals surface area contributed by atoms with Crippen LogP contribution in [0.25, 0.3) is 11.0 Å². The Morgan fingerprint density at radius 1 is 1.25 bits per heavy atom. The lowest BCUT2D eigenvalue weighted by atomic mass is 9.77. The monoisotopic (exact) mass is 375 g/mol. The Hall–Kier alpha value is -3.02. The molecule has 3 aromatic rings. The minimum atomic E-state index is -0.221. The minimum absolute atomic E-state index is 0.109. The normalized spacial score (nSPS) is 21.2.